The van der Waals surface area contributed by atoms with Crippen LogP contribution in [0.25, 0.3) is 0 Å². The predicted molar refractivity (Wildman–Crippen MR) is 110 cm³/mol. The van der Waals surface area contributed by atoms with Gasteiger partial charge in [-0.1, -0.05) is 24.3 Å². The summed E-state index contributed by atoms with van der Waals surface area (Å²) >= 11 is 0. The fraction of sp³-hybridized carbons (Fsp3) is 0.348. The number of carbonyl (C=O) groups is 3. The van der Waals surface area contributed by atoms with Crippen molar-refractivity contribution in [2.75, 3.05) is 34.4 Å². The second-order valence-corrected chi connectivity index (χ2v) is 7.95. The molecule has 0 saturated carbocycles. The van der Waals surface area contributed by atoms with Crippen LogP contribution < -0.4 is 9.47 Å². The topological polar surface area (TPSA) is 76.2 Å². The highest BCUT2D eigenvalue weighted by atomic mass is 16.5. The van der Waals surface area contributed by atoms with Crippen molar-refractivity contribution in [1.82, 2.24) is 9.80 Å². The van der Waals surface area contributed by atoms with E-state index < -0.39 is 11.5 Å². The van der Waals surface area contributed by atoms with Crippen LogP contribution in [0.3, 0.4) is 0 Å². The maximum Gasteiger partial charge on any atom is 0.257 e. The zero-order valence-electron chi connectivity index (χ0n) is 17.5. The van der Waals surface area contributed by atoms with Gasteiger partial charge in [-0.05, 0) is 25.1 Å². The Kier molecular flexibility index (Phi) is 4.76. The van der Waals surface area contributed by atoms with Crippen LogP contribution in [0, 0.1) is 5.41 Å². The van der Waals surface area contributed by atoms with Crippen molar-refractivity contribution in [3.8, 4) is 11.5 Å². The molecule has 7 nitrogen and oxygen atoms in total. The Morgan fingerprint density at radius 3 is 2.40 bits per heavy atom. The minimum absolute atomic E-state index is 0.117. The summed E-state index contributed by atoms with van der Waals surface area (Å²) in [6, 6.07) is 11.6. The third kappa shape index (κ3) is 2.76. The van der Waals surface area contributed by atoms with E-state index in [4.69, 9.17) is 9.47 Å². The fourth-order valence-corrected chi connectivity index (χ4v) is 4.64. The Morgan fingerprint density at radius 1 is 1.03 bits per heavy atom. The van der Waals surface area contributed by atoms with Gasteiger partial charge < -0.3 is 19.3 Å². The van der Waals surface area contributed by atoms with E-state index >= 15 is 0 Å². The molecule has 156 valence electrons. The van der Waals surface area contributed by atoms with Crippen molar-refractivity contribution >= 4 is 17.6 Å². The van der Waals surface area contributed by atoms with Crippen molar-refractivity contribution < 1.29 is 23.9 Å². The quantitative estimate of drug-likeness (QED) is 0.780. The lowest BCUT2D eigenvalue weighted by Gasteiger charge is -2.32. The minimum Gasteiger partial charge on any atom is -0.493 e. The lowest BCUT2D eigenvalue weighted by molar-refractivity contribution is 0.0606. The highest BCUT2D eigenvalue weighted by Gasteiger charge is 2.55. The average Bonchev–Trinajstić information content (AvgIpc) is 3.12. The predicted octanol–water partition coefficient (Wildman–Crippen LogP) is 2.50. The van der Waals surface area contributed by atoms with Crippen molar-refractivity contribution in [1.29, 1.82) is 0 Å². The number of benzene rings is 2. The summed E-state index contributed by atoms with van der Waals surface area (Å²) in [6.07, 6.45) is 0. The van der Waals surface area contributed by atoms with Crippen LogP contribution in [0.4, 0.5) is 0 Å². The van der Waals surface area contributed by atoms with Gasteiger partial charge >= 0.3 is 0 Å². The number of fused-ring (bicyclic) bond motifs is 2. The molecule has 2 aromatic rings. The summed E-state index contributed by atoms with van der Waals surface area (Å²) in [7, 11) is 4.69. The number of likely N-dealkylation sites (tertiary alicyclic amines) is 1. The first-order valence-electron chi connectivity index (χ1n) is 9.74. The Labute approximate surface area is 175 Å². The Morgan fingerprint density at radius 2 is 1.73 bits per heavy atom. The summed E-state index contributed by atoms with van der Waals surface area (Å²) in [5.41, 5.74) is 0.276. The van der Waals surface area contributed by atoms with Crippen LogP contribution in [0.2, 0.25) is 0 Å². The lowest BCUT2D eigenvalue weighted by atomic mass is 9.78. The van der Waals surface area contributed by atoms with E-state index in [1.54, 1.807) is 59.3 Å². The fourth-order valence-electron chi connectivity index (χ4n) is 4.64. The van der Waals surface area contributed by atoms with Gasteiger partial charge in [-0.3, -0.25) is 14.4 Å². The molecule has 2 amide bonds. The minimum atomic E-state index is -0.904. The second-order valence-electron chi connectivity index (χ2n) is 7.95. The maximum atomic E-state index is 13.5. The van der Waals surface area contributed by atoms with Gasteiger partial charge in [0.25, 0.3) is 11.8 Å². The van der Waals surface area contributed by atoms with Crippen molar-refractivity contribution in [2.24, 2.45) is 5.41 Å². The highest BCUT2D eigenvalue weighted by molar-refractivity contribution is 6.13. The molecular weight excluding hydrogens is 384 g/mol. The molecule has 7 heteroatoms. The van der Waals surface area contributed by atoms with Gasteiger partial charge in [0.2, 0.25) is 0 Å². The van der Waals surface area contributed by atoms with Gasteiger partial charge in [0.1, 0.15) is 0 Å². The van der Waals surface area contributed by atoms with Gasteiger partial charge in [0, 0.05) is 25.7 Å². The van der Waals surface area contributed by atoms with Crippen molar-refractivity contribution in [3.05, 3.63) is 59.2 Å². The van der Waals surface area contributed by atoms with Crippen molar-refractivity contribution in [2.45, 2.75) is 13.0 Å². The zero-order valence-corrected chi connectivity index (χ0v) is 17.5. The van der Waals surface area contributed by atoms with Crippen LogP contribution >= 0.6 is 0 Å². The molecule has 2 atom stereocenters. The number of ketones is 1. The molecule has 2 aliphatic rings. The van der Waals surface area contributed by atoms with Gasteiger partial charge in [-0.15, -0.1) is 0 Å². The van der Waals surface area contributed by atoms with Crippen LogP contribution in [-0.2, 0) is 0 Å². The standard InChI is InChI=1S/C23H24N2O5/c1-23-13-25(22(28)16-10-7-11-17(29-3)19(16)30-4)12-18(23)24(2)21(27)15-9-6-5-8-14(15)20(23)26/h5-11,18H,12-13H2,1-4H3/t18-,23+/m1/s1. The van der Waals surface area contributed by atoms with E-state index in [2.05, 4.69) is 0 Å². The monoisotopic (exact) mass is 408 g/mol. The van der Waals surface area contributed by atoms with Crippen LogP contribution in [-0.4, -0.2) is 67.8 Å². The number of hydrogen-bond acceptors (Lipinski definition) is 5. The zero-order chi connectivity index (χ0) is 21.6. The summed E-state index contributed by atoms with van der Waals surface area (Å²) in [4.78, 5) is 43.1. The largest absolute Gasteiger partial charge is 0.493 e. The van der Waals surface area contributed by atoms with Gasteiger partial charge in [-0.25, -0.2) is 0 Å². The summed E-state index contributed by atoms with van der Waals surface area (Å²) in [6.45, 7) is 2.31. The average molecular weight is 408 g/mol. The SMILES string of the molecule is COc1cccc(C(=O)N2C[C@H]3N(C)C(=O)c4ccccc4C(=O)[C@@]3(C)C2)c1OC. The normalized spacial score (nSPS) is 23.0. The van der Waals surface area contributed by atoms with E-state index in [-0.39, 0.29) is 30.7 Å². The van der Waals surface area contributed by atoms with E-state index in [0.29, 0.717) is 28.2 Å². The number of hydrogen-bond donors (Lipinski definition) is 0. The molecule has 0 aliphatic carbocycles. The number of amides is 2. The number of likely N-dealkylation sites (N-methyl/N-ethyl adjacent to an activating group) is 1. The van der Waals surface area contributed by atoms with E-state index in [0.717, 1.165) is 0 Å². The number of ether oxygens (including phenoxy) is 2. The van der Waals surface area contributed by atoms with Gasteiger partial charge in [-0.2, -0.15) is 0 Å². The molecule has 0 bridgehead atoms. The first-order valence-corrected chi connectivity index (χ1v) is 9.74. The van der Waals surface area contributed by atoms with Crippen LogP contribution in [0.15, 0.2) is 42.5 Å². The van der Waals surface area contributed by atoms with E-state index in [9.17, 15) is 14.4 Å². The third-order valence-corrected chi connectivity index (χ3v) is 6.28. The van der Waals surface area contributed by atoms with Gasteiger partial charge in [0.05, 0.1) is 36.8 Å². The Hall–Kier alpha value is -3.35. The van der Waals surface area contributed by atoms with Crippen molar-refractivity contribution in [3.63, 3.8) is 0 Å². The number of Topliss-reactive ketones (excluding diaryl/α,β-unsaturated/α-hetero) is 1. The molecule has 2 heterocycles. The molecule has 2 aliphatic heterocycles. The molecular formula is C23H24N2O5. The Balaban J connectivity index is 1.74. The smallest absolute Gasteiger partial charge is 0.257 e. The third-order valence-electron chi connectivity index (χ3n) is 6.28. The number of carbonyl (C=O) groups excluding carboxylic acids is 3. The molecule has 1 saturated heterocycles. The molecule has 0 aromatic heterocycles. The summed E-state index contributed by atoms with van der Waals surface area (Å²) in [5, 5.41) is 0. The number of nitrogens with zero attached hydrogens (tertiary/aromatic N) is 2. The van der Waals surface area contributed by atoms with Crippen LogP contribution in [0.1, 0.15) is 38.0 Å². The van der Waals surface area contributed by atoms with E-state index in [1.807, 2.05) is 6.92 Å². The number of para-hydroxylation sites is 1. The first kappa shape index (κ1) is 19.9. The maximum absolute atomic E-state index is 13.5. The molecule has 0 unspecified atom stereocenters. The number of methoxy groups -OCH3 is 2. The van der Waals surface area contributed by atoms with Gasteiger partial charge in [0.15, 0.2) is 17.3 Å². The molecule has 30 heavy (non-hydrogen) atoms. The molecule has 0 radical (unpaired) electrons. The highest BCUT2D eigenvalue weighted by Crippen LogP contribution is 2.42. The molecule has 4 rings (SSSR count). The molecule has 1 fully saturated rings. The molecule has 0 N–H and O–H groups in total. The summed E-state index contributed by atoms with van der Waals surface area (Å²) < 4.78 is 10.7. The van der Waals surface area contributed by atoms with Crippen LogP contribution in [0.5, 0.6) is 11.5 Å². The second kappa shape index (κ2) is 7.16. The van der Waals surface area contributed by atoms with E-state index in [1.165, 1.54) is 14.2 Å². The lowest BCUT2D eigenvalue weighted by Crippen LogP contribution is -2.48. The summed E-state index contributed by atoms with van der Waals surface area (Å²) in [5.74, 6) is 0.222. The molecule has 0 spiro atoms. The number of rotatable bonds is 3. The molecule has 2 aromatic carbocycles. The first-order chi connectivity index (χ1) is 14.3. The Bertz CT molecular complexity index is 1050.